The van der Waals surface area contributed by atoms with Crippen LogP contribution in [0.1, 0.15) is 117 Å². The van der Waals surface area contributed by atoms with Crippen LogP contribution < -0.4 is 0 Å². The smallest absolute Gasteiger partial charge is 0.0684 e. The molecule has 0 aliphatic heterocycles. The van der Waals surface area contributed by atoms with Crippen molar-refractivity contribution in [1.82, 2.24) is 9.55 Å². The van der Waals surface area contributed by atoms with E-state index in [4.69, 9.17) is 5.10 Å². The SMILES string of the molecule is CC(C)(C)c1cc(C(C)(C)C)n(P(C2CCCCC2)C2CCCCC2)n1. The molecule has 0 saturated heterocycles. The average Bonchev–Trinajstić information content (AvgIpc) is 3.03. The highest BCUT2D eigenvalue weighted by atomic mass is 31.1. The fourth-order valence-corrected chi connectivity index (χ4v) is 8.54. The van der Waals surface area contributed by atoms with Crippen LogP contribution in [0.2, 0.25) is 0 Å². The van der Waals surface area contributed by atoms with Crippen LogP contribution in [0.25, 0.3) is 0 Å². The Morgan fingerprint density at radius 1 is 0.769 bits per heavy atom. The van der Waals surface area contributed by atoms with E-state index in [9.17, 15) is 0 Å². The molecule has 0 atom stereocenters. The van der Waals surface area contributed by atoms with E-state index in [2.05, 4.69) is 52.1 Å². The zero-order valence-electron chi connectivity index (χ0n) is 18.1. The second-order valence-electron chi connectivity index (χ2n) is 10.8. The van der Waals surface area contributed by atoms with E-state index in [0.717, 1.165) is 11.3 Å². The van der Waals surface area contributed by atoms with Gasteiger partial charge in [-0.05, 0) is 43.1 Å². The molecule has 2 fully saturated rings. The molecule has 0 aromatic carbocycles. The van der Waals surface area contributed by atoms with Gasteiger partial charge in [0.25, 0.3) is 0 Å². The predicted molar refractivity (Wildman–Crippen MR) is 116 cm³/mol. The van der Waals surface area contributed by atoms with Gasteiger partial charge in [0.2, 0.25) is 0 Å². The van der Waals surface area contributed by atoms with Crippen LogP contribution in [-0.4, -0.2) is 20.9 Å². The lowest BCUT2D eigenvalue weighted by molar-refractivity contribution is 0.474. The Labute approximate surface area is 163 Å². The van der Waals surface area contributed by atoms with Crippen molar-refractivity contribution in [3.8, 4) is 0 Å². The van der Waals surface area contributed by atoms with Gasteiger partial charge >= 0.3 is 0 Å². The second-order valence-corrected chi connectivity index (χ2v) is 13.4. The first-order chi connectivity index (χ1) is 12.2. The van der Waals surface area contributed by atoms with Crippen molar-refractivity contribution in [1.29, 1.82) is 0 Å². The van der Waals surface area contributed by atoms with Crippen LogP contribution in [0.3, 0.4) is 0 Å². The minimum absolute atomic E-state index is 0.130. The van der Waals surface area contributed by atoms with E-state index in [0.29, 0.717) is 0 Å². The molecule has 1 heterocycles. The molecule has 3 heteroatoms. The molecule has 2 saturated carbocycles. The molecule has 26 heavy (non-hydrogen) atoms. The third kappa shape index (κ3) is 4.54. The van der Waals surface area contributed by atoms with Crippen molar-refractivity contribution in [2.45, 2.75) is 128 Å². The van der Waals surface area contributed by atoms with E-state index in [-0.39, 0.29) is 18.9 Å². The van der Waals surface area contributed by atoms with Gasteiger partial charge in [0.1, 0.15) is 0 Å². The summed E-state index contributed by atoms with van der Waals surface area (Å²) in [6, 6.07) is 2.45. The molecular formula is C23H41N2P. The summed E-state index contributed by atoms with van der Waals surface area (Å²) in [4.78, 5) is 0. The summed E-state index contributed by atoms with van der Waals surface area (Å²) in [5.74, 6) is 0. The number of aromatic nitrogens is 2. The van der Waals surface area contributed by atoms with Crippen molar-refractivity contribution in [2.24, 2.45) is 0 Å². The lowest BCUT2D eigenvalue weighted by atomic mass is 9.88. The van der Waals surface area contributed by atoms with Gasteiger partial charge in [0.05, 0.1) is 5.69 Å². The van der Waals surface area contributed by atoms with Crippen molar-refractivity contribution < 1.29 is 0 Å². The van der Waals surface area contributed by atoms with Crippen LogP contribution in [0, 0.1) is 0 Å². The van der Waals surface area contributed by atoms with Crippen LogP contribution in [-0.2, 0) is 10.8 Å². The fourth-order valence-electron chi connectivity index (χ4n) is 4.73. The number of nitrogens with zero attached hydrogens (tertiary/aromatic N) is 2. The van der Waals surface area contributed by atoms with E-state index in [1.165, 1.54) is 75.6 Å². The van der Waals surface area contributed by atoms with Gasteiger partial charge in [-0.15, -0.1) is 0 Å². The van der Waals surface area contributed by atoms with Crippen molar-refractivity contribution in [2.75, 3.05) is 0 Å². The Morgan fingerprint density at radius 3 is 1.62 bits per heavy atom. The highest BCUT2D eigenvalue weighted by Gasteiger charge is 2.37. The zero-order valence-corrected chi connectivity index (χ0v) is 19.0. The zero-order chi connectivity index (χ0) is 18.9. The highest BCUT2D eigenvalue weighted by Crippen LogP contribution is 2.57. The van der Waals surface area contributed by atoms with Gasteiger partial charge in [-0.2, -0.15) is 5.10 Å². The highest BCUT2D eigenvalue weighted by molar-refractivity contribution is 7.57. The molecule has 0 unspecified atom stereocenters. The third-order valence-corrected chi connectivity index (χ3v) is 9.62. The Kier molecular flexibility index (Phi) is 6.22. The van der Waals surface area contributed by atoms with Gasteiger partial charge < -0.3 is 0 Å². The van der Waals surface area contributed by atoms with Gasteiger partial charge in [0, 0.05) is 24.6 Å². The Balaban J connectivity index is 2.05. The number of rotatable bonds is 3. The van der Waals surface area contributed by atoms with Gasteiger partial charge in [-0.3, -0.25) is 0 Å². The molecule has 0 N–H and O–H groups in total. The van der Waals surface area contributed by atoms with Crippen molar-refractivity contribution in [3.05, 3.63) is 17.5 Å². The largest absolute Gasteiger partial charge is 0.248 e. The molecule has 0 radical (unpaired) electrons. The molecule has 1 aromatic heterocycles. The lowest BCUT2D eigenvalue weighted by Gasteiger charge is -2.40. The monoisotopic (exact) mass is 376 g/mol. The lowest BCUT2D eigenvalue weighted by Crippen LogP contribution is -2.27. The van der Waals surface area contributed by atoms with E-state index in [1.807, 2.05) is 0 Å². The Bertz CT molecular complexity index is 560. The van der Waals surface area contributed by atoms with Crippen LogP contribution >= 0.6 is 8.07 Å². The standard InChI is InChI=1S/C23H41N2P/c1-22(2,3)20-17-21(23(4,5)6)25(24-20)26(18-13-9-7-10-14-18)19-15-11-8-12-16-19/h17-19H,7-16H2,1-6H3. The molecular weight excluding hydrogens is 335 g/mol. The summed E-state index contributed by atoms with van der Waals surface area (Å²) in [6.07, 6.45) is 14.4. The van der Waals surface area contributed by atoms with E-state index in [1.54, 1.807) is 0 Å². The minimum Gasteiger partial charge on any atom is -0.248 e. The van der Waals surface area contributed by atoms with Crippen molar-refractivity contribution >= 4 is 8.07 Å². The molecule has 0 amide bonds. The third-order valence-electron chi connectivity index (χ3n) is 6.34. The van der Waals surface area contributed by atoms with Gasteiger partial charge in [-0.1, -0.05) is 80.1 Å². The average molecular weight is 377 g/mol. The molecule has 1 aromatic rings. The summed E-state index contributed by atoms with van der Waals surface area (Å²) in [5.41, 5.74) is 4.88. The Hall–Kier alpha value is -0.360. The first-order valence-corrected chi connectivity index (χ1v) is 12.5. The molecule has 0 spiro atoms. The molecule has 2 aliphatic carbocycles. The summed E-state index contributed by atoms with van der Waals surface area (Å²) >= 11 is 0. The fraction of sp³-hybridized carbons (Fsp3) is 0.870. The maximum Gasteiger partial charge on any atom is 0.0684 e. The Morgan fingerprint density at radius 2 is 1.23 bits per heavy atom. The summed E-state index contributed by atoms with van der Waals surface area (Å²) < 4.78 is 2.61. The quantitative estimate of drug-likeness (QED) is 0.503. The first kappa shape index (κ1) is 20.4. The topological polar surface area (TPSA) is 17.8 Å². The van der Waals surface area contributed by atoms with E-state index >= 15 is 0 Å². The molecule has 3 rings (SSSR count). The first-order valence-electron chi connectivity index (χ1n) is 11.1. The summed E-state index contributed by atoms with van der Waals surface area (Å²) in [5, 5.41) is 5.34. The predicted octanol–water partition coefficient (Wildman–Crippen LogP) is 7.39. The molecule has 0 bridgehead atoms. The maximum absolute atomic E-state index is 5.34. The van der Waals surface area contributed by atoms with Crippen LogP contribution in [0.4, 0.5) is 0 Å². The molecule has 2 aliphatic rings. The summed E-state index contributed by atoms with van der Waals surface area (Å²) in [7, 11) is -0.198. The minimum atomic E-state index is -0.198. The van der Waals surface area contributed by atoms with E-state index < -0.39 is 0 Å². The van der Waals surface area contributed by atoms with Crippen LogP contribution in [0.15, 0.2) is 6.07 Å². The summed E-state index contributed by atoms with van der Waals surface area (Å²) in [6.45, 7) is 14.1. The van der Waals surface area contributed by atoms with Gasteiger partial charge in [-0.25, -0.2) is 4.45 Å². The van der Waals surface area contributed by atoms with Crippen molar-refractivity contribution in [3.63, 3.8) is 0 Å². The normalized spacial score (nSPS) is 21.5. The maximum atomic E-state index is 5.34. The number of hydrogen-bond donors (Lipinski definition) is 0. The molecule has 2 nitrogen and oxygen atoms in total. The van der Waals surface area contributed by atoms with Crippen LogP contribution in [0.5, 0.6) is 0 Å². The number of hydrogen-bond acceptors (Lipinski definition) is 1. The molecule has 148 valence electrons. The van der Waals surface area contributed by atoms with Gasteiger partial charge in [0.15, 0.2) is 0 Å². The second kappa shape index (κ2) is 7.94.